The van der Waals surface area contributed by atoms with Crippen molar-refractivity contribution in [3.8, 4) is 11.5 Å². The number of imide groups is 1. The summed E-state index contributed by atoms with van der Waals surface area (Å²) < 4.78 is 15.6. The minimum Gasteiger partial charge on any atom is -0.461 e. The van der Waals surface area contributed by atoms with Crippen molar-refractivity contribution < 1.29 is 28.1 Å². The lowest BCUT2D eigenvalue weighted by atomic mass is 10.1. The number of fused-ring (bicyclic) bond motifs is 1. The van der Waals surface area contributed by atoms with Gasteiger partial charge in [-0.25, -0.2) is 4.79 Å². The third-order valence-corrected chi connectivity index (χ3v) is 4.19. The number of esters is 1. The zero-order chi connectivity index (χ0) is 19.7. The second-order valence-electron chi connectivity index (χ2n) is 6.01. The molecule has 2 aromatic heterocycles. The predicted octanol–water partition coefficient (Wildman–Crippen LogP) is 3.07. The van der Waals surface area contributed by atoms with E-state index < -0.39 is 17.8 Å². The topological polar surface area (TPSA) is 103 Å². The minimum atomic E-state index is -0.646. The van der Waals surface area contributed by atoms with Crippen molar-refractivity contribution in [2.45, 2.75) is 6.61 Å². The zero-order valence-corrected chi connectivity index (χ0v) is 14.6. The van der Waals surface area contributed by atoms with Crippen LogP contribution in [0.15, 0.2) is 64.3 Å². The summed E-state index contributed by atoms with van der Waals surface area (Å²) in [6.45, 7) is 3.52. The van der Waals surface area contributed by atoms with Crippen LogP contribution in [0.3, 0.4) is 0 Å². The van der Waals surface area contributed by atoms with Gasteiger partial charge in [0.1, 0.15) is 12.3 Å². The Bertz CT molecular complexity index is 1080. The third kappa shape index (κ3) is 3.01. The van der Waals surface area contributed by atoms with Crippen LogP contribution in [-0.2, 0) is 11.3 Å². The Labute approximate surface area is 159 Å². The number of nitrogens with zero attached hydrogens (tertiary/aromatic N) is 2. The van der Waals surface area contributed by atoms with Gasteiger partial charge < -0.3 is 13.7 Å². The number of ether oxygens (including phenoxy) is 1. The Morgan fingerprint density at radius 3 is 2.71 bits per heavy atom. The first-order valence-electron chi connectivity index (χ1n) is 8.36. The summed E-state index contributed by atoms with van der Waals surface area (Å²) in [6, 6.07) is 9.28. The SMILES string of the molecule is C=CCN1C(=O)c2ccc(C(=O)OCc3cc(-c4ccco4)on3)cc2C1=O. The second-order valence-corrected chi connectivity index (χ2v) is 6.01. The molecular formula is C20H14N2O6. The normalized spacial score (nSPS) is 12.9. The molecule has 2 amide bonds. The fourth-order valence-corrected chi connectivity index (χ4v) is 2.85. The molecule has 1 aliphatic heterocycles. The smallest absolute Gasteiger partial charge is 0.338 e. The van der Waals surface area contributed by atoms with Gasteiger partial charge in [-0.15, -0.1) is 6.58 Å². The van der Waals surface area contributed by atoms with Gasteiger partial charge in [0.2, 0.25) is 5.76 Å². The summed E-state index contributed by atoms with van der Waals surface area (Å²) in [6.07, 6.45) is 2.97. The monoisotopic (exact) mass is 378 g/mol. The van der Waals surface area contributed by atoms with Crippen molar-refractivity contribution >= 4 is 17.8 Å². The van der Waals surface area contributed by atoms with Gasteiger partial charge >= 0.3 is 5.97 Å². The standard InChI is InChI=1S/C20H14N2O6/c1-2-7-22-18(23)14-6-5-12(9-15(14)19(22)24)20(25)27-11-13-10-17(28-21-13)16-4-3-8-26-16/h2-6,8-10H,1,7,11H2. The summed E-state index contributed by atoms with van der Waals surface area (Å²) in [4.78, 5) is 37.9. The van der Waals surface area contributed by atoms with Crippen molar-refractivity contribution in [3.05, 3.63) is 77.7 Å². The third-order valence-electron chi connectivity index (χ3n) is 4.19. The molecule has 0 bridgehead atoms. The van der Waals surface area contributed by atoms with Crippen LogP contribution < -0.4 is 0 Å². The lowest BCUT2D eigenvalue weighted by Crippen LogP contribution is -2.29. The number of benzene rings is 1. The molecular weight excluding hydrogens is 364 g/mol. The molecule has 0 atom stereocenters. The van der Waals surface area contributed by atoms with Crippen molar-refractivity contribution in [1.29, 1.82) is 0 Å². The molecule has 0 fully saturated rings. The van der Waals surface area contributed by atoms with Crippen molar-refractivity contribution in [1.82, 2.24) is 10.1 Å². The van der Waals surface area contributed by atoms with Gasteiger partial charge in [0.05, 0.1) is 23.0 Å². The van der Waals surface area contributed by atoms with Crippen LogP contribution in [0.4, 0.5) is 0 Å². The van der Waals surface area contributed by atoms with Crippen molar-refractivity contribution in [3.63, 3.8) is 0 Å². The molecule has 0 unspecified atom stereocenters. The molecule has 0 aliphatic carbocycles. The highest BCUT2D eigenvalue weighted by Gasteiger charge is 2.35. The van der Waals surface area contributed by atoms with Crippen molar-refractivity contribution in [2.24, 2.45) is 0 Å². The number of furan rings is 1. The largest absolute Gasteiger partial charge is 0.461 e. The van der Waals surface area contributed by atoms with Crippen LogP contribution in [0.2, 0.25) is 0 Å². The average molecular weight is 378 g/mol. The Balaban J connectivity index is 1.46. The number of hydrogen-bond acceptors (Lipinski definition) is 7. The zero-order valence-electron chi connectivity index (χ0n) is 14.6. The van der Waals surface area contributed by atoms with Crippen LogP contribution in [0, 0.1) is 0 Å². The number of carbonyl (C=O) groups is 3. The van der Waals surface area contributed by atoms with Crippen LogP contribution >= 0.6 is 0 Å². The predicted molar refractivity (Wildman–Crippen MR) is 95.3 cm³/mol. The van der Waals surface area contributed by atoms with Crippen molar-refractivity contribution in [2.75, 3.05) is 6.54 Å². The highest BCUT2D eigenvalue weighted by molar-refractivity contribution is 6.22. The fourth-order valence-electron chi connectivity index (χ4n) is 2.85. The van der Waals surface area contributed by atoms with Gasteiger partial charge in [0, 0.05) is 12.6 Å². The lowest BCUT2D eigenvalue weighted by Gasteiger charge is -2.09. The second kappa shape index (κ2) is 6.99. The minimum absolute atomic E-state index is 0.107. The van der Waals surface area contributed by atoms with Crippen LogP contribution in [0.5, 0.6) is 0 Å². The van der Waals surface area contributed by atoms with Crippen LogP contribution in [-0.4, -0.2) is 34.4 Å². The first kappa shape index (κ1) is 17.5. The van der Waals surface area contributed by atoms with Gasteiger partial charge in [-0.3, -0.25) is 14.5 Å². The van der Waals surface area contributed by atoms with E-state index in [1.54, 1.807) is 18.2 Å². The Morgan fingerprint density at radius 2 is 1.96 bits per heavy atom. The number of carbonyl (C=O) groups excluding carboxylic acids is 3. The molecule has 28 heavy (non-hydrogen) atoms. The van der Waals surface area contributed by atoms with E-state index in [-0.39, 0.29) is 29.8 Å². The molecule has 3 heterocycles. The van der Waals surface area contributed by atoms with E-state index in [0.29, 0.717) is 17.2 Å². The number of aromatic nitrogens is 1. The van der Waals surface area contributed by atoms with Crippen LogP contribution in [0.1, 0.15) is 36.8 Å². The molecule has 140 valence electrons. The molecule has 0 N–H and O–H groups in total. The number of amides is 2. The Hall–Kier alpha value is -3.94. The molecule has 0 saturated carbocycles. The molecule has 0 saturated heterocycles. The van der Waals surface area contributed by atoms with E-state index in [1.165, 1.54) is 30.5 Å². The van der Waals surface area contributed by atoms with Gasteiger partial charge in [0.15, 0.2) is 5.76 Å². The summed E-state index contributed by atoms with van der Waals surface area (Å²) in [5.74, 6) is -0.592. The molecule has 0 radical (unpaired) electrons. The van der Waals surface area contributed by atoms with E-state index in [0.717, 1.165) is 4.90 Å². The number of hydrogen-bond donors (Lipinski definition) is 0. The van der Waals surface area contributed by atoms with E-state index >= 15 is 0 Å². The maximum Gasteiger partial charge on any atom is 0.338 e. The van der Waals surface area contributed by atoms with Gasteiger partial charge in [-0.05, 0) is 30.3 Å². The molecule has 0 spiro atoms. The molecule has 4 rings (SSSR count). The van der Waals surface area contributed by atoms with Gasteiger partial charge in [-0.2, -0.15) is 0 Å². The lowest BCUT2D eigenvalue weighted by molar-refractivity contribution is 0.0464. The number of rotatable bonds is 6. The van der Waals surface area contributed by atoms with E-state index in [2.05, 4.69) is 11.7 Å². The summed E-state index contributed by atoms with van der Waals surface area (Å²) in [5, 5.41) is 3.82. The molecule has 1 aromatic carbocycles. The quantitative estimate of drug-likeness (QED) is 0.369. The fraction of sp³-hybridized carbons (Fsp3) is 0.100. The maximum atomic E-state index is 12.3. The highest BCUT2D eigenvalue weighted by Crippen LogP contribution is 2.25. The van der Waals surface area contributed by atoms with E-state index in [9.17, 15) is 14.4 Å². The molecule has 8 heteroatoms. The first-order chi connectivity index (χ1) is 13.6. The van der Waals surface area contributed by atoms with Gasteiger partial charge in [0.25, 0.3) is 11.8 Å². The Morgan fingerprint density at radius 1 is 1.14 bits per heavy atom. The van der Waals surface area contributed by atoms with E-state index in [1.807, 2.05) is 0 Å². The van der Waals surface area contributed by atoms with Crippen LogP contribution in [0.25, 0.3) is 11.5 Å². The average Bonchev–Trinajstić information content (AvgIpc) is 3.43. The summed E-state index contributed by atoms with van der Waals surface area (Å²) >= 11 is 0. The highest BCUT2D eigenvalue weighted by atomic mass is 16.5. The summed E-state index contributed by atoms with van der Waals surface area (Å²) in [7, 11) is 0. The molecule has 3 aromatic rings. The molecule has 1 aliphatic rings. The summed E-state index contributed by atoms with van der Waals surface area (Å²) in [5.41, 5.74) is 0.991. The first-order valence-corrected chi connectivity index (χ1v) is 8.36. The molecule has 8 nitrogen and oxygen atoms in total. The Kier molecular flexibility index (Phi) is 4.36. The maximum absolute atomic E-state index is 12.3. The van der Waals surface area contributed by atoms with Gasteiger partial charge in [-0.1, -0.05) is 11.2 Å². The van der Waals surface area contributed by atoms with E-state index in [4.69, 9.17) is 13.7 Å².